The van der Waals surface area contributed by atoms with Crippen LogP contribution < -0.4 is 15.5 Å². The summed E-state index contributed by atoms with van der Waals surface area (Å²) in [5.41, 5.74) is 0.882. The molecule has 4 aromatic rings. The zero-order chi connectivity index (χ0) is 42.1. The molecule has 0 aliphatic carbocycles. The average molecular weight is 864 g/mol. The number of aromatic nitrogens is 3. The van der Waals surface area contributed by atoms with Crippen LogP contribution in [0.3, 0.4) is 0 Å². The molecule has 0 bridgehead atoms. The van der Waals surface area contributed by atoms with Crippen molar-refractivity contribution < 1.29 is 46.0 Å². The molecule has 2 aromatic heterocycles. The number of nitrogens with one attached hydrogen (secondary N) is 2. The zero-order valence-electron chi connectivity index (χ0n) is 31.1. The van der Waals surface area contributed by atoms with E-state index in [1.54, 1.807) is 18.2 Å². The number of amides is 2. The average Bonchev–Trinajstić information content (AvgIpc) is 3.52. The molecule has 4 rings (SSSR count). The Hall–Kier alpha value is -4.83. The first-order chi connectivity index (χ1) is 26.8. The van der Waals surface area contributed by atoms with Gasteiger partial charge in [0.25, 0.3) is 16.0 Å². The van der Waals surface area contributed by atoms with Crippen molar-refractivity contribution in [3.8, 4) is 11.8 Å². The fourth-order valence-corrected chi connectivity index (χ4v) is 7.06. The van der Waals surface area contributed by atoms with Crippen LogP contribution in [0.25, 0.3) is 5.69 Å². The number of hydrogen-bond acceptors (Lipinski definition) is 15. The molecule has 0 aliphatic rings. The van der Waals surface area contributed by atoms with E-state index in [0.717, 1.165) is 0 Å². The molecule has 5 N–H and O–H groups in total. The lowest BCUT2D eigenvalue weighted by atomic mass is 9.90. The first-order valence-electron chi connectivity index (χ1n) is 16.8. The van der Waals surface area contributed by atoms with Gasteiger partial charge in [-0.3, -0.25) is 14.1 Å². The number of halogens is 1. The van der Waals surface area contributed by atoms with Gasteiger partial charge in [0.1, 0.15) is 22.5 Å². The van der Waals surface area contributed by atoms with Gasteiger partial charge in [0.05, 0.1) is 51.6 Å². The van der Waals surface area contributed by atoms with Crippen molar-refractivity contribution in [1.82, 2.24) is 14.8 Å². The van der Waals surface area contributed by atoms with E-state index in [2.05, 4.69) is 41.3 Å². The summed E-state index contributed by atoms with van der Waals surface area (Å²) in [4.78, 5) is 31.9. The molecule has 1 atom stereocenters. The predicted molar refractivity (Wildman–Crippen MR) is 212 cm³/mol. The fourth-order valence-electron chi connectivity index (χ4n) is 5.35. The zero-order valence-corrected chi connectivity index (χ0v) is 34.3. The Labute approximate surface area is 339 Å². The number of pyridine rings is 1. The van der Waals surface area contributed by atoms with Crippen LogP contribution in [-0.4, -0.2) is 72.4 Å². The van der Waals surface area contributed by atoms with Gasteiger partial charge in [-0.25, -0.2) is 19.1 Å². The van der Waals surface area contributed by atoms with Crippen molar-refractivity contribution in [2.75, 3.05) is 34.4 Å². The Morgan fingerprint density at radius 2 is 1.86 bits per heavy atom. The van der Waals surface area contributed by atoms with E-state index in [4.69, 9.17) is 26.5 Å². The highest BCUT2D eigenvalue weighted by molar-refractivity contribution is 7.94. The minimum Gasteiger partial charge on any atom is -0.372 e. The number of hydrogen-bond donors (Lipinski definition) is 5. The summed E-state index contributed by atoms with van der Waals surface area (Å²) in [6.07, 6.45) is 1.95. The normalized spacial score (nSPS) is 12.4. The number of azo groups is 1. The highest BCUT2D eigenvalue weighted by Crippen LogP contribution is 2.38. The van der Waals surface area contributed by atoms with Gasteiger partial charge in [-0.15, -0.1) is 14.6 Å². The Morgan fingerprint density at radius 1 is 1.12 bits per heavy atom. The predicted octanol–water partition coefficient (Wildman–Crippen LogP) is 7.22. The first kappa shape index (κ1) is 44.9. The maximum Gasteiger partial charge on any atom is 0.264 e. The number of carbonyl (C=O) groups is 2. The number of anilines is 3. The van der Waals surface area contributed by atoms with Crippen molar-refractivity contribution in [2.24, 2.45) is 10.2 Å². The molecule has 0 saturated carbocycles. The molecular weight excluding hydrogens is 826 g/mol. The molecule has 0 radical (unpaired) electrons. The second-order valence-electron chi connectivity index (χ2n) is 13.1. The van der Waals surface area contributed by atoms with Gasteiger partial charge in [-0.05, 0) is 56.2 Å². The minimum absolute atomic E-state index is 0.0169. The van der Waals surface area contributed by atoms with Gasteiger partial charge in [0.2, 0.25) is 5.91 Å². The van der Waals surface area contributed by atoms with E-state index in [-0.39, 0.29) is 66.8 Å². The van der Waals surface area contributed by atoms with Crippen LogP contribution >= 0.6 is 23.6 Å². The summed E-state index contributed by atoms with van der Waals surface area (Å²) >= 11 is 4.32. The first-order valence-corrected chi connectivity index (χ1v) is 20.6. The maximum absolute atomic E-state index is 13.6. The van der Waals surface area contributed by atoms with E-state index in [9.17, 15) is 32.0 Å². The second kappa shape index (κ2) is 19.5. The van der Waals surface area contributed by atoms with Gasteiger partial charge in [-0.2, -0.15) is 18.8 Å². The van der Waals surface area contributed by atoms with Gasteiger partial charge >= 0.3 is 0 Å². The quantitative estimate of drug-likeness (QED) is 0.0102. The number of unbranched alkanes of at least 4 members (excludes halogenated alkanes) is 1. The van der Waals surface area contributed by atoms with Crippen molar-refractivity contribution in [3.05, 3.63) is 70.6 Å². The molecule has 0 saturated heterocycles. The topological polar surface area (TPSA) is 271 Å². The summed E-state index contributed by atoms with van der Waals surface area (Å²) in [6.45, 7) is 9.72. The standard InChI is InChI=1S/C34H38ClN9O10S3/c1-6-43(11-7-8-12-57(50,51)52)22-9-10-26(27(15-22)38-20(2)45)40-41-32-25(18-36)31(34(3,4)5)42-44(32)29-17-30(35)37-19-28(29)39-33(46)21-13-23(55-54-53-47)16-24(14-21)56(48)49/h9-10,13-17,19,47H,6-8,11-12H2,1-5H3,(H,38,45)(H,39,46)(H,48,49)(H,50,51,52). The van der Waals surface area contributed by atoms with E-state index in [0.29, 0.717) is 42.9 Å². The Morgan fingerprint density at radius 3 is 2.47 bits per heavy atom. The molecule has 0 fully saturated rings. The molecule has 57 heavy (non-hydrogen) atoms. The molecule has 0 spiro atoms. The number of nitrogens with zero attached hydrogens (tertiary/aromatic N) is 7. The molecule has 304 valence electrons. The lowest BCUT2D eigenvalue weighted by Gasteiger charge is -2.24. The van der Waals surface area contributed by atoms with Crippen LogP contribution in [0.15, 0.2) is 68.7 Å². The number of benzene rings is 2. The summed E-state index contributed by atoms with van der Waals surface area (Å²) in [5, 5.41) is 41.6. The largest absolute Gasteiger partial charge is 0.372 e. The van der Waals surface area contributed by atoms with E-state index in [1.165, 1.54) is 42.1 Å². The van der Waals surface area contributed by atoms with Gasteiger partial charge in [-0.1, -0.05) is 37.4 Å². The molecule has 2 heterocycles. The molecule has 23 heteroatoms. The van der Waals surface area contributed by atoms with E-state index in [1.807, 2.05) is 32.6 Å². The van der Waals surface area contributed by atoms with Crippen molar-refractivity contribution in [3.63, 3.8) is 0 Å². The van der Waals surface area contributed by atoms with Crippen molar-refractivity contribution in [1.29, 1.82) is 5.26 Å². The molecule has 0 aliphatic heterocycles. The van der Waals surface area contributed by atoms with Gasteiger partial charge in [0, 0.05) is 47.6 Å². The third kappa shape index (κ3) is 12.3. The molecule has 2 aromatic carbocycles. The van der Waals surface area contributed by atoms with Crippen molar-refractivity contribution >= 4 is 85.2 Å². The second-order valence-corrected chi connectivity index (χ2v) is 16.8. The molecule has 2 amide bonds. The molecule has 1 unspecified atom stereocenters. The number of nitriles is 1. The highest BCUT2D eigenvalue weighted by atomic mass is 35.5. The third-order valence-corrected chi connectivity index (χ3v) is 10.1. The smallest absolute Gasteiger partial charge is 0.264 e. The maximum atomic E-state index is 13.6. The van der Waals surface area contributed by atoms with Crippen LogP contribution in [-0.2, 0) is 40.8 Å². The summed E-state index contributed by atoms with van der Waals surface area (Å²) < 4.78 is 58.7. The van der Waals surface area contributed by atoms with Crippen LogP contribution in [0.1, 0.15) is 69.1 Å². The Bertz CT molecular complexity index is 2350. The monoisotopic (exact) mass is 863 g/mol. The van der Waals surface area contributed by atoms with Gasteiger partial charge < -0.3 is 20.1 Å². The van der Waals surface area contributed by atoms with Crippen LogP contribution in [0, 0.1) is 11.3 Å². The lowest BCUT2D eigenvalue weighted by Crippen LogP contribution is -2.24. The third-order valence-electron chi connectivity index (χ3n) is 7.88. The summed E-state index contributed by atoms with van der Waals surface area (Å²) in [6, 6.07) is 12.3. The minimum atomic E-state index is -4.09. The molecular formula is C34H38ClN9O10S3. The van der Waals surface area contributed by atoms with Crippen LogP contribution in [0.5, 0.6) is 0 Å². The molecule has 19 nitrogen and oxygen atoms in total. The lowest BCUT2D eigenvalue weighted by molar-refractivity contribution is -0.432. The van der Waals surface area contributed by atoms with E-state index < -0.39 is 38.4 Å². The highest BCUT2D eigenvalue weighted by Gasteiger charge is 2.29. The number of rotatable bonds is 17. The Kier molecular flexibility index (Phi) is 15.4. The van der Waals surface area contributed by atoms with Crippen molar-refractivity contribution in [2.45, 2.75) is 62.7 Å². The summed E-state index contributed by atoms with van der Waals surface area (Å²) in [7, 11) is -4.09. The fraction of sp³-hybridized carbons (Fsp3) is 0.324. The summed E-state index contributed by atoms with van der Waals surface area (Å²) in [5.74, 6) is -1.60. The number of carbonyl (C=O) groups excluding carboxylic acids is 2. The Balaban J connectivity index is 1.81. The van der Waals surface area contributed by atoms with Crippen LogP contribution in [0.2, 0.25) is 5.15 Å². The van der Waals surface area contributed by atoms with E-state index >= 15 is 0 Å². The van der Waals surface area contributed by atoms with Gasteiger partial charge in [0.15, 0.2) is 16.9 Å². The van der Waals surface area contributed by atoms with Crippen LogP contribution in [0.4, 0.5) is 28.6 Å². The SMILES string of the molecule is CCN(CCCCS(=O)(=O)O)c1ccc(N=Nc2c(C#N)c(C(C)(C)C)nn2-c2cc(Cl)ncc2NC(=O)c2cc(SOOO)cc(S(=O)O)c2)c(NC(C)=O)c1.